The molecule has 4 aliphatic rings. The second kappa shape index (κ2) is 32.3. The fraction of sp³-hybridized carbons (Fsp3) is 0.507. The predicted octanol–water partition coefficient (Wildman–Crippen LogP) is 11.6. The van der Waals surface area contributed by atoms with E-state index < -0.39 is 64.6 Å². The Morgan fingerprint density at radius 3 is 2.03 bits per heavy atom. The Bertz CT molecular complexity index is 3310. The molecule has 1 spiro atoms. The Labute approximate surface area is 546 Å². The van der Waals surface area contributed by atoms with E-state index in [9.17, 15) is 54.7 Å². The van der Waals surface area contributed by atoms with Crippen LogP contribution in [0.1, 0.15) is 115 Å². The molecule has 5 aromatic carbocycles. The molecule has 5 aromatic rings. The number of likely N-dealkylation sites (N-methyl/N-ethyl adjacent to an activating group) is 2. The smallest absolute Gasteiger partial charge is 0.416 e. The summed E-state index contributed by atoms with van der Waals surface area (Å²) in [6, 6.07) is 32.0. The van der Waals surface area contributed by atoms with Crippen molar-refractivity contribution in [3.63, 3.8) is 0 Å². The molecule has 16 nitrogen and oxygen atoms in total. The largest absolute Gasteiger partial charge is 0.446 e. The molecule has 94 heavy (non-hydrogen) atoms. The summed E-state index contributed by atoms with van der Waals surface area (Å²) in [5.41, 5.74) is -0.195. The number of nitrogens with one attached hydrogen (secondary N) is 2. The quantitative estimate of drug-likeness (QED) is 0.0363. The molecule has 3 aliphatic heterocycles. The van der Waals surface area contributed by atoms with Gasteiger partial charge in [-0.2, -0.15) is 26.3 Å². The van der Waals surface area contributed by atoms with Crippen molar-refractivity contribution in [2.24, 2.45) is 0 Å². The number of rotatable bonds is 28. The van der Waals surface area contributed by atoms with Crippen molar-refractivity contribution in [1.82, 2.24) is 34.7 Å². The minimum atomic E-state index is -5.14. The van der Waals surface area contributed by atoms with Crippen LogP contribution >= 0.6 is 0 Å². The van der Waals surface area contributed by atoms with Crippen LogP contribution in [-0.2, 0) is 58.4 Å². The summed E-state index contributed by atoms with van der Waals surface area (Å²) < 4.78 is 115. The van der Waals surface area contributed by atoms with Gasteiger partial charge in [0.25, 0.3) is 5.91 Å². The molecule has 0 radical (unpaired) electrons. The van der Waals surface area contributed by atoms with Gasteiger partial charge in [-0.15, -0.1) is 0 Å². The number of amides is 5. The standard InChI is InChI=1S/C71H87F7N8O8/c1-81(34-13-5-8-23-64(88)83(3)42-43-84-37-28-58(29-38-84)94-67(91)80-61-21-12-10-19-59(61)51-16-6-4-7-17-51)35-14-22-63(87)79-33-15-36-82(2)65(89)48-92-62-46-52-18-9-11-20-60(52)68(62)30-39-85(40-31-68)41-32-69(54-24-26-57(72)27-25-54)49-86(50-93-69)66(90)53-44-55(70(73,74)75)47-56(45-53)71(76,77)78/h4,6-7,9-12,16-21,24-27,44-45,47,58,62H,5,8,13-15,22-23,28-43,46,48-50H2,1-3H3,(H,79,87)(H,80,91)/t62-,69-/m0/s1. The van der Waals surface area contributed by atoms with Crippen LogP contribution < -0.4 is 10.6 Å². The zero-order valence-electron chi connectivity index (χ0n) is 53.9. The number of fused-ring (bicyclic) bond motifs is 2. The fourth-order valence-electron chi connectivity index (χ4n) is 13.4. The van der Waals surface area contributed by atoms with Crippen molar-refractivity contribution in [2.45, 2.75) is 119 Å². The third kappa shape index (κ3) is 18.9. The normalized spacial score (nSPS) is 18.5. The number of carbonyl (C=O) groups is 5. The van der Waals surface area contributed by atoms with Crippen molar-refractivity contribution < 1.29 is 68.9 Å². The summed E-state index contributed by atoms with van der Waals surface area (Å²) in [7, 11) is 5.61. The second-order valence-corrected chi connectivity index (χ2v) is 25.5. The fourth-order valence-corrected chi connectivity index (χ4v) is 13.4. The number of unbranched alkanes of at least 4 members (excludes halogenated alkanes) is 2. The summed E-state index contributed by atoms with van der Waals surface area (Å²) in [6.07, 6.45) is -2.68. The Balaban J connectivity index is 0.623. The summed E-state index contributed by atoms with van der Waals surface area (Å²) >= 11 is 0. The lowest BCUT2D eigenvalue weighted by atomic mass is 9.72. The first-order valence-electron chi connectivity index (χ1n) is 32.7. The average Bonchev–Trinajstić information content (AvgIpc) is 1.58. The summed E-state index contributed by atoms with van der Waals surface area (Å²) in [5, 5.41) is 5.91. The maximum atomic E-state index is 14.2. The van der Waals surface area contributed by atoms with E-state index in [0.717, 1.165) is 86.4 Å². The lowest BCUT2D eigenvalue weighted by Crippen LogP contribution is -2.50. The number of piperidine rings is 2. The van der Waals surface area contributed by atoms with E-state index in [4.69, 9.17) is 14.2 Å². The van der Waals surface area contributed by atoms with E-state index in [2.05, 4.69) is 37.5 Å². The second-order valence-electron chi connectivity index (χ2n) is 25.5. The first-order valence-corrected chi connectivity index (χ1v) is 32.7. The molecular formula is C71H87F7N8O8. The number of ether oxygens (including phenoxy) is 3. The molecule has 0 unspecified atom stereocenters. The first-order chi connectivity index (χ1) is 45.0. The number of hydrogen-bond acceptors (Lipinski definition) is 11. The van der Waals surface area contributed by atoms with Crippen molar-refractivity contribution in [3.8, 4) is 11.1 Å². The van der Waals surface area contributed by atoms with Crippen LogP contribution in [0.2, 0.25) is 0 Å². The average molecular weight is 1310 g/mol. The summed E-state index contributed by atoms with van der Waals surface area (Å²) in [6.45, 7) is 6.33. The highest BCUT2D eigenvalue weighted by atomic mass is 19.4. The number of nitrogens with zero attached hydrogens (tertiary/aromatic N) is 6. The Kier molecular flexibility index (Phi) is 24.4. The zero-order valence-corrected chi connectivity index (χ0v) is 53.9. The van der Waals surface area contributed by atoms with Gasteiger partial charge in [-0.1, -0.05) is 91.3 Å². The molecule has 508 valence electrons. The van der Waals surface area contributed by atoms with Gasteiger partial charge in [0.05, 0.1) is 29.5 Å². The van der Waals surface area contributed by atoms with E-state index in [0.29, 0.717) is 108 Å². The molecule has 1 aliphatic carbocycles. The highest BCUT2D eigenvalue weighted by Gasteiger charge is 2.50. The van der Waals surface area contributed by atoms with Gasteiger partial charge in [0.15, 0.2) is 0 Å². The van der Waals surface area contributed by atoms with Gasteiger partial charge < -0.3 is 48.9 Å². The molecule has 9 rings (SSSR count). The number of alkyl halides is 6. The molecule has 0 aromatic heterocycles. The molecule has 5 amide bonds. The monoisotopic (exact) mass is 1310 g/mol. The Morgan fingerprint density at radius 2 is 1.32 bits per heavy atom. The van der Waals surface area contributed by atoms with Crippen molar-refractivity contribution in [2.75, 3.05) is 118 Å². The number of benzene rings is 5. The zero-order chi connectivity index (χ0) is 67.0. The number of anilines is 1. The maximum absolute atomic E-state index is 14.2. The topological polar surface area (TPSA) is 157 Å². The summed E-state index contributed by atoms with van der Waals surface area (Å²) in [4.78, 5) is 77.1. The van der Waals surface area contributed by atoms with Crippen molar-refractivity contribution in [1.29, 1.82) is 0 Å². The molecule has 0 bridgehead atoms. The number of carbonyl (C=O) groups excluding carboxylic acids is 5. The van der Waals surface area contributed by atoms with Crippen LogP contribution in [0.5, 0.6) is 0 Å². The van der Waals surface area contributed by atoms with Crippen LogP contribution in [0.4, 0.5) is 41.2 Å². The van der Waals surface area contributed by atoms with Crippen LogP contribution in [0, 0.1) is 5.82 Å². The Hall–Kier alpha value is -7.44. The van der Waals surface area contributed by atoms with Gasteiger partial charge in [0.2, 0.25) is 17.7 Å². The van der Waals surface area contributed by atoms with Crippen LogP contribution in [0.15, 0.2) is 121 Å². The highest BCUT2D eigenvalue weighted by Crippen LogP contribution is 2.48. The SMILES string of the molecule is CN(CCCCCC(=O)N(C)CCN1CCC(OC(=O)Nc2ccccc2-c2ccccc2)CC1)CCCC(=O)NCCCN(C)C(=O)CO[C@H]1Cc2ccccc2C12CCN(CC[C@@]1(c3ccc(F)cc3)CN(C(=O)c3cc(C(F)(F)F)cc(C(F)(F)F)c3)CO1)CC2. The van der Waals surface area contributed by atoms with E-state index in [1.807, 2.05) is 80.8 Å². The maximum Gasteiger partial charge on any atom is 0.416 e. The molecule has 3 saturated heterocycles. The van der Waals surface area contributed by atoms with E-state index >= 15 is 0 Å². The predicted molar refractivity (Wildman–Crippen MR) is 343 cm³/mol. The molecule has 0 saturated carbocycles. The van der Waals surface area contributed by atoms with Gasteiger partial charge in [-0.25, -0.2) is 9.18 Å². The van der Waals surface area contributed by atoms with Gasteiger partial charge in [0, 0.05) is 89.3 Å². The van der Waals surface area contributed by atoms with Crippen molar-refractivity contribution >= 4 is 35.4 Å². The minimum Gasteiger partial charge on any atom is -0.446 e. The number of hydrogen-bond donors (Lipinski definition) is 2. The molecular weight excluding hydrogens is 1230 g/mol. The van der Waals surface area contributed by atoms with Crippen LogP contribution in [-0.4, -0.2) is 184 Å². The van der Waals surface area contributed by atoms with E-state index in [1.54, 1.807) is 16.8 Å². The highest BCUT2D eigenvalue weighted by molar-refractivity contribution is 5.95. The van der Waals surface area contributed by atoms with Gasteiger partial charge in [-0.3, -0.25) is 24.5 Å². The molecule has 3 fully saturated rings. The van der Waals surface area contributed by atoms with Gasteiger partial charge in [-0.05, 0) is 156 Å². The number of para-hydroxylation sites is 1. The lowest BCUT2D eigenvalue weighted by Gasteiger charge is -2.44. The summed E-state index contributed by atoms with van der Waals surface area (Å²) in [5.74, 6) is -1.70. The Morgan fingerprint density at radius 1 is 0.670 bits per heavy atom. The molecule has 23 heteroatoms. The van der Waals surface area contributed by atoms with Gasteiger partial charge in [0.1, 0.15) is 30.9 Å². The lowest BCUT2D eigenvalue weighted by molar-refractivity contribution is -0.143. The van der Waals surface area contributed by atoms with Crippen molar-refractivity contribution in [3.05, 3.63) is 161 Å². The van der Waals surface area contributed by atoms with Crippen LogP contribution in [0.3, 0.4) is 0 Å². The van der Waals surface area contributed by atoms with Crippen LogP contribution in [0.25, 0.3) is 11.1 Å². The number of likely N-dealkylation sites (tertiary alicyclic amines) is 2. The third-order valence-electron chi connectivity index (χ3n) is 19.0. The molecule has 2 atom stereocenters. The third-order valence-corrected chi connectivity index (χ3v) is 19.0. The molecule has 2 N–H and O–H groups in total. The van der Waals surface area contributed by atoms with E-state index in [1.165, 1.54) is 29.8 Å². The van der Waals surface area contributed by atoms with E-state index in [-0.39, 0.29) is 55.6 Å². The minimum absolute atomic E-state index is 0.0277. The first kappa shape index (κ1) is 70.9. The number of halogens is 7. The van der Waals surface area contributed by atoms with Gasteiger partial charge >= 0.3 is 18.4 Å². The molecule has 3 heterocycles.